The van der Waals surface area contributed by atoms with Gasteiger partial charge >= 0.3 is 0 Å². The lowest BCUT2D eigenvalue weighted by Crippen LogP contribution is -2.03. The molecule has 0 radical (unpaired) electrons. The Bertz CT molecular complexity index is 934. The van der Waals surface area contributed by atoms with E-state index in [2.05, 4.69) is 76.6 Å². The summed E-state index contributed by atoms with van der Waals surface area (Å²) < 4.78 is 0. The van der Waals surface area contributed by atoms with Crippen LogP contribution >= 0.6 is 0 Å². The van der Waals surface area contributed by atoms with Gasteiger partial charge in [-0.2, -0.15) is 0 Å². The first-order valence-corrected chi connectivity index (χ1v) is 8.50. The minimum atomic E-state index is 0.390. The minimum absolute atomic E-state index is 0.390. The lowest BCUT2D eigenvalue weighted by Gasteiger charge is -2.11. The van der Waals surface area contributed by atoms with Crippen molar-refractivity contribution in [2.45, 2.75) is 25.7 Å². The van der Waals surface area contributed by atoms with Crippen LogP contribution in [0.4, 0.5) is 0 Å². The number of aromatic nitrogens is 3. The molecular weight excluding hydrogens is 294 g/mol. The summed E-state index contributed by atoms with van der Waals surface area (Å²) in [4.78, 5) is 11.5. The Kier molecular flexibility index (Phi) is 3.91. The molecule has 0 spiro atoms. The summed E-state index contributed by atoms with van der Waals surface area (Å²) in [7, 11) is 0. The number of hydrogen-bond acceptors (Lipinski definition) is 1. The number of fused-ring (bicyclic) bond motifs is 1. The first kappa shape index (κ1) is 14.8. The first-order valence-electron chi connectivity index (χ1n) is 8.50. The SMILES string of the molecule is CC[C@H](Cc1c[nH]c2ccccc12)c1ncc(-c2ccccc2)[nH]1. The van der Waals surface area contributed by atoms with Crippen molar-refractivity contribution in [1.29, 1.82) is 0 Å². The average Bonchev–Trinajstić information content (AvgIpc) is 3.28. The molecule has 0 saturated heterocycles. The topological polar surface area (TPSA) is 44.5 Å². The van der Waals surface area contributed by atoms with Crippen molar-refractivity contribution in [3.8, 4) is 11.3 Å². The third-order valence-corrected chi connectivity index (χ3v) is 4.70. The second-order valence-electron chi connectivity index (χ2n) is 6.22. The number of nitrogens with zero attached hydrogens (tertiary/aromatic N) is 1. The maximum atomic E-state index is 4.66. The van der Waals surface area contributed by atoms with Crippen LogP contribution in [0.5, 0.6) is 0 Å². The van der Waals surface area contributed by atoms with Crippen LogP contribution in [0, 0.1) is 0 Å². The van der Waals surface area contributed by atoms with Gasteiger partial charge in [0.2, 0.25) is 0 Å². The zero-order valence-corrected chi connectivity index (χ0v) is 13.8. The molecule has 0 fully saturated rings. The van der Waals surface area contributed by atoms with Gasteiger partial charge in [0, 0.05) is 23.0 Å². The van der Waals surface area contributed by atoms with Crippen LogP contribution in [0.1, 0.15) is 30.7 Å². The number of benzene rings is 2. The molecule has 2 N–H and O–H groups in total. The fourth-order valence-corrected chi connectivity index (χ4v) is 3.31. The van der Waals surface area contributed by atoms with Crippen molar-refractivity contribution in [2.75, 3.05) is 0 Å². The van der Waals surface area contributed by atoms with E-state index in [9.17, 15) is 0 Å². The number of aromatic amines is 2. The van der Waals surface area contributed by atoms with Gasteiger partial charge in [0.25, 0.3) is 0 Å². The van der Waals surface area contributed by atoms with Gasteiger partial charge in [-0.1, -0.05) is 55.5 Å². The highest BCUT2D eigenvalue weighted by Crippen LogP contribution is 2.28. The van der Waals surface area contributed by atoms with Gasteiger partial charge in [-0.05, 0) is 30.0 Å². The fraction of sp³-hybridized carbons (Fsp3) is 0.190. The molecule has 0 amide bonds. The Morgan fingerprint density at radius 1 is 1.00 bits per heavy atom. The summed E-state index contributed by atoms with van der Waals surface area (Å²) in [5.74, 6) is 1.46. The van der Waals surface area contributed by atoms with Crippen molar-refractivity contribution < 1.29 is 0 Å². The fourth-order valence-electron chi connectivity index (χ4n) is 3.31. The Morgan fingerprint density at radius 2 is 1.79 bits per heavy atom. The van der Waals surface area contributed by atoms with E-state index >= 15 is 0 Å². The van der Waals surface area contributed by atoms with Crippen molar-refractivity contribution in [1.82, 2.24) is 15.0 Å². The second-order valence-corrected chi connectivity index (χ2v) is 6.22. The predicted octanol–water partition coefficient (Wildman–Crippen LogP) is 5.29. The van der Waals surface area contributed by atoms with Gasteiger partial charge in [-0.3, -0.25) is 0 Å². The van der Waals surface area contributed by atoms with Gasteiger partial charge < -0.3 is 9.97 Å². The van der Waals surface area contributed by atoms with Crippen LogP contribution in [0.15, 0.2) is 67.0 Å². The van der Waals surface area contributed by atoms with E-state index in [1.807, 2.05) is 12.3 Å². The van der Waals surface area contributed by atoms with E-state index in [0.29, 0.717) is 5.92 Å². The number of H-pyrrole nitrogens is 2. The molecule has 3 nitrogen and oxygen atoms in total. The Hall–Kier alpha value is -2.81. The highest BCUT2D eigenvalue weighted by Gasteiger charge is 2.16. The van der Waals surface area contributed by atoms with E-state index < -0.39 is 0 Å². The molecule has 0 bridgehead atoms. The molecule has 4 rings (SSSR count). The average molecular weight is 315 g/mol. The normalized spacial score (nSPS) is 12.5. The van der Waals surface area contributed by atoms with Crippen LogP contribution in [0.2, 0.25) is 0 Å². The maximum absolute atomic E-state index is 4.66. The molecule has 0 unspecified atom stereocenters. The summed E-state index contributed by atoms with van der Waals surface area (Å²) in [5.41, 5.74) is 4.82. The second kappa shape index (κ2) is 6.36. The van der Waals surface area contributed by atoms with Gasteiger partial charge in [0.15, 0.2) is 0 Å². The van der Waals surface area contributed by atoms with Gasteiger partial charge in [0.1, 0.15) is 5.82 Å². The van der Waals surface area contributed by atoms with Crippen molar-refractivity contribution in [3.05, 3.63) is 78.4 Å². The number of rotatable bonds is 5. The van der Waals surface area contributed by atoms with Crippen LogP contribution < -0.4 is 0 Å². The molecule has 24 heavy (non-hydrogen) atoms. The molecular formula is C21H21N3. The molecule has 2 aromatic carbocycles. The molecule has 2 aromatic heterocycles. The van der Waals surface area contributed by atoms with Gasteiger partial charge in [-0.25, -0.2) is 4.98 Å². The number of nitrogens with one attached hydrogen (secondary N) is 2. The number of imidazole rings is 1. The van der Waals surface area contributed by atoms with Crippen molar-refractivity contribution in [3.63, 3.8) is 0 Å². The molecule has 0 aliphatic heterocycles. The maximum Gasteiger partial charge on any atom is 0.109 e. The summed E-state index contributed by atoms with van der Waals surface area (Å²) >= 11 is 0. The number of para-hydroxylation sites is 1. The summed E-state index contributed by atoms with van der Waals surface area (Å²) in [6.45, 7) is 2.23. The molecule has 2 heterocycles. The zero-order chi connectivity index (χ0) is 16.4. The lowest BCUT2D eigenvalue weighted by molar-refractivity contribution is 0.627. The van der Waals surface area contributed by atoms with Crippen LogP contribution in [0.3, 0.4) is 0 Å². The molecule has 3 heteroatoms. The lowest BCUT2D eigenvalue weighted by atomic mass is 9.96. The molecule has 0 aliphatic carbocycles. The van der Waals surface area contributed by atoms with Gasteiger partial charge in [0.05, 0.1) is 11.9 Å². The quantitative estimate of drug-likeness (QED) is 0.516. The monoisotopic (exact) mass is 315 g/mol. The molecule has 0 aliphatic rings. The molecule has 0 saturated carbocycles. The van der Waals surface area contributed by atoms with Gasteiger partial charge in [-0.15, -0.1) is 0 Å². The van der Waals surface area contributed by atoms with E-state index in [-0.39, 0.29) is 0 Å². The molecule has 4 aromatic rings. The summed E-state index contributed by atoms with van der Waals surface area (Å²) in [6.07, 6.45) is 6.13. The first-order chi connectivity index (χ1) is 11.8. The minimum Gasteiger partial charge on any atom is -0.361 e. The van der Waals surface area contributed by atoms with Crippen LogP contribution in [-0.4, -0.2) is 15.0 Å². The zero-order valence-electron chi connectivity index (χ0n) is 13.8. The van der Waals surface area contributed by atoms with Crippen molar-refractivity contribution in [2.24, 2.45) is 0 Å². The Morgan fingerprint density at radius 3 is 2.62 bits per heavy atom. The largest absolute Gasteiger partial charge is 0.361 e. The molecule has 1 atom stereocenters. The highest BCUT2D eigenvalue weighted by molar-refractivity contribution is 5.83. The van der Waals surface area contributed by atoms with E-state index in [0.717, 1.165) is 24.4 Å². The summed E-state index contributed by atoms with van der Waals surface area (Å²) in [5, 5.41) is 1.31. The molecule has 120 valence electrons. The number of hydrogen-bond donors (Lipinski definition) is 2. The highest BCUT2D eigenvalue weighted by atomic mass is 14.9. The smallest absolute Gasteiger partial charge is 0.109 e. The van der Waals surface area contributed by atoms with Crippen LogP contribution in [0.25, 0.3) is 22.2 Å². The summed E-state index contributed by atoms with van der Waals surface area (Å²) in [6, 6.07) is 18.8. The van der Waals surface area contributed by atoms with Crippen molar-refractivity contribution >= 4 is 10.9 Å². The van der Waals surface area contributed by atoms with Crippen LogP contribution in [-0.2, 0) is 6.42 Å². The van der Waals surface area contributed by atoms with E-state index in [4.69, 9.17) is 0 Å². The van der Waals surface area contributed by atoms with E-state index in [1.165, 1.54) is 22.0 Å². The third kappa shape index (κ3) is 2.73. The predicted molar refractivity (Wildman–Crippen MR) is 99.1 cm³/mol. The van der Waals surface area contributed by atoms with E-state index in [1.54, 1.807) is 0 Å². The Labute approximate surface area is 141 Å². The third-order valence-electron chi connectivity index (χ3n) is 4.70. The standard InChI is InChI=1S/C21H21N3/c1-2-15(12-17-13-22-19-11-7-6-10-18(17)19)21-23-14-20(24-21)16-8-4-3-5-9-16/h3-11,13-15,22H,2,12H2,1H3,(H,23,24)/t15-/m1/s1. The Balaban J connectivity index is 1.61.